The van der Waals surface area contributed by atoms with E-state index in [4.69, 9.17) is 0 Å². The van der Waals surface area contributed by atoms with Crippen LogP contribution in [-0.4, -0.2) is 37.0 Å². The number of likely N-dealkylation sites (N-methyl/N-ethyl adjacent to an activating group) is 1. The third-order valence-corrected chi connectivity index (χ3v) is 4.72. The van der Waals surface area contributed by atoms with Gasteiger partial charge in [0, 0.05) is 13.1 Å². The summed E-state index contributed by atoms with van der Waals surface area (Å²) in [4.78, 5) is 15.1. The Morgan fingerprint density at radius 3 is 2.00 bits per heavy atom. The summed E-state index contributed by atoms with van der Waals surface area (Å²) in [5, 5.41) is 3.12. The van der Waals surface area contributed by atoms with Crippen LogP contribution in [0.3, 0.4) is 0 Å². The van der Waals surface area contributed by atoms with E-state index in [-0.39, 0.29) is 11.8 Å². The van der Waals surface area contributed by atoms with Crippen LogP contribution in [0.15, 0.2) is 48.5 Å². The first-order valence-electron chi connectivity index (χ1n) is 8.44. The zero-order chi connectivity index (χ0) is 16.2. The van der Waals surface area contributed by atoms with E-state index in [1.807, 2.05) is 24.3 Å². The Hall–Kier alpha value is -2.13. The lowest BCUT2D eigenvalue weighted by Gasteiger charge is -2.19. The summed E-state index contributed by atoms with van der Waals surface area (Å²) in [5.41, 5.74) is 4.61. The molecule has 0 saturated carbocycles. The zero-order valence-corrected chi connectivity index (χ0v) is 13.9. The molecule has 120 valence electrons. The number of hydrogen-bond donors (Lipinski definition) is 1. The number of fused-ring (bicyclic) bond motifs is 3. The second-order valence-corrected chi connectivity index (χ2v) is 5.93. The SMILES string of the molecule is CCN(CC)CCNC(=O)C1c2ccccc2-c2ccccc21. The molecule has 0 atom stereocenters. The van der Waals surface area contributed by atoms with Crippen molar-refractivity contribution >= 4 is 5.91 Å². The first-order valence-corrected chi connectivity index (χ1v) is 8.44. The lowest BCUT2D eigenvalue weighted by molar-refractivity contribution is -0.121. The van der Waals surface area contributed by atoms with Crippen LogP contribution >= 0.6 is 0 Å². The Kier molecular flexibility index (Phi) is 4.77. The zero-order valence-electron chi connectivity index (χ0n) is 13.9. The largest absolute Gasteiger partial charge is 0.354 e. The maximum Gasteiger partial charge on any atom is 0.232 e. The lowest BCUT2D eigenvalue weighted by Crippen LogP contribution is -2.37. The Balaban J connectivity index is 1.78. The molecule has 3 heteroatoms. The van der Waals surface area contributed by atoms with Crippen molar-refractivity contribution in [3.63, 3.8) is 0 Å². The highest BCUT2D eigenvalue weighted by Gasteiger charge is 2.32. The van der Waals surface area contributed by atoms with Gasteiger partial charge in [-0.25, -0.2) is 0 Å². The number of amides is 1. The van der Waals surface area contributed by atoms with E-state index in [0.717, 1.165) is 30.8 Å². The van der Waals surface area contributed by atoms with Crippen LogP contribution in [0.25, 0.3) is 11.1 Å². The van der Waals surface area contributed by atoms with Crippen LogP contribution in [0.1, 0.15) is 30.9 Å². The van der Waals surface area contributed by atoms with Crippen molar-refractivity contribution in [3.8, 4) is 11.1 Å². The van der Waals surface area contributed by atoms with Gasteiger partial charge in [0.1, 0.15) is 0 Å². The van der Waals surface area contributed by atoms with Gasteiger partial charge in [0.05, 0.1) is 5.92 Å². The molecule has 0 bridgehead atoms. The number of nitrogens with zero attached hydrogens (tertiary/aromatic N) is 1. The Morgan fingerprint density at radius 2 is 1.48 bits per heavy atom. The summed E-state index contributed by atoms with van der Waals surface area (Å²) in [6, 6.07) is 16.5. The third-order valence-electron chi connectivity index (χ3n) is 4.72. The molecule has 0 spiro atoms. The number of carbonyl (C=O) groups is 1. The van der Waals surface area contributed by atoms with Crippen molar-refractivity contribution < 1.29 is 4.79 Å². The second kappa shape index (κ2) is 6.97. The van der Waals surface area contributed by atoms with E-state index >= 15 is 0 Å². The first-order chi connectivity index (χ1) is 11.3. The van der Waals surface area contributed by atoms with Crippen molar-refractivity contribution in [1.29, 1.82) is 0 Å². The van der Waals surface area contributed by atoms with Crippen molar-refractivity contribution in [2.75, 3.05) is 26.2 Å². The van der Waals surface area contributed by atoms with Crippen LogP contribution in [0.2, 0.25) is 0 Å². The minimum atomic E-state index is -0.181. The van der Waals surface area contributed by atoms with E-state index < -0.39 is 0 Å². The molecule has 0 aromatic heterocycles. The predicted octanol–water partition coefficient (Wildman–Crippen LogP) is 3.26. The normalized spacial score (nSPS) is 13.0. The van der Waals surface area contributed by atoms with Crippen LogP contribution in [0.5, 0.6) is 0 Å². The van der Waals surface area contributed by atoms with Gasteiger partial charge in [-0.2, -0.15) is 0 Å². The molecule has 0 saturated heterocycles. The summed E-state index contributed by atoms with van der Waals surface area (Å²) in [6.07, 6.45) is 0. The van der Waals surface area contributed by atoms with Gasteiger partial charge in [-0.1, -0.05) is 62.4 Å². The standard InChI is InChI=1S/C20H24N2O/c1-3-22(4-2)14-13-21-20(23)19-17-11-7-5-9-15(17)16-10-6-8-12-18(16)19/h5-12,19H,3-4,13-14H2,1-2H3,(H,21,23). The van der Waals surface area contributed by atoms with Gasteiger partial charge in [0.25, 0.3) is 0 Å². The van der Waals surface area contributed by atoms with Crippen LogP contribution in [0, 0.1) is 0 Å². The summed E-state index contributed by atoms with van der Waals surface area (Å²) >= 11 is 0. The minimum absolute atomic E-state index is 0.106. The Morgan fingerprint density at radius 1 is 0.957 bits per heavy atom. The highest BCUT2D eigenvalue weighted by molar-refractivity contribution is 5.96. The molecule has 3 rings (SSSR count). The molecule has 1 aliphatic rings. The molecule has 0 radical (unpaired) electrons. The first kappa shape index (κ1) is 15.8. The van der Waals surface area contributed by atoms with Gasteiger partial charge in [0.15, 0.2) is 0 Å². The quantitative estimate of drug-likeness (QED) is 0.888. The maximum absolute atomic E-state index is 12.8. The van der Waals surface area contributed by atoms with Crippen molar-refractivity contribution in [3.05, 3.63) is 59.7 Å². The van der Waals surface area contributed by atoms with Crippen LogP contribution in [-0.2, 0) is 4.79 Å². The summed E-state index contributed by atoms with van der Waals surface area (Å²) in [7, 11) is 0. The number of nitrogens with one attached hydrogen (secondary N) is 1. The van der Waals surface area contributed by atoms with Gasteiger partial charge in [-0.05, 0) is 35.3 Å². The van der Waals surface area contributed by atoms with Gasteiger partial charge in [0.2, 0.25) is 5.91 Å². The van der Waals surface area contributed by atoms with Crippen molar-refractivity contribution in [2.45, 2.75) is 19.8 Å². The molecule has 2 aromatic carbocycles. The smallest absolute Gasteiger partial charge is 0.232 e. The molecule has 1 N–H and O–H groups in total. The van der Waals surface area contributed by atoms with Gasteiger partial charge in [-0.15, -0.1) is 0 Å². The van der Waals surface area contributed by atoms with E-state index in [1.54, 1.807) is 0 Å². The molecule has 0 fully saturated rings. The average Bonchev–Trinajstić information content (AvgIpc) is 2.93. The van der Waals surface area contributed by atoms with E-state index in [1.165, 1.54) is 11.1 Å². The molecule has 2 aromatic rings. The molecule has 0 aliphatic heterocycles. The van der Waals surface area contributed by atoms with Crippen molar-refractivity contribution in [1.82, 2.24) is 10.2 Å². The lowest BCUT2D eigenvalue weighted by atomic mass is 9.96. The van der Waals surface area contributed by atoms with Gasteiger partial charge >= 0.3 is 0 Å². The number of benzene rings is 2. The number of carbonyl (C=O) groups excluding carboxylic acids is 1. The summed E-state index contributed by atoms with van der Waals surface area (Å²) in [6.45, 7) is 7.92. The molecule has 1 aliphatic carbocycles. The number of hydrogen-bond acceptors (Lipinski definition) is 2. The fourth-order valence-electron chi connectivity index (χ4n) is 3.42. The Labute approximate surface area is 138 Å². The maximum atomic E-state index is 12.8. The third kappa shape index (κ3) is 3.02. The van der Waals surface area contributed by atoms with Gasteiger partial charge < -0.3 is 10.2 Å². The molecule has 0 unspecified atom stereocenters. The fraction of sp³-hybridized carbons (Fsp3) is 0.350. The minimum Gasteiger partial charge on any atom is -0.354 e. The highest BCUT2D eigenvalue weighted by atomic mass is 16.1. The van der Waals surface area contributed by atoms with Crippen molar-refractivity contribution in [2.24, 2.45) is 0 Å². The van der Waals surface area contributed by atoms with Crippen LogP contribution in [0.4, 0.5) is 0 Å². The molecule has 0 heterocycles. The molecule has 23 heavy (non-hydrogen) atoms. The average molecular weight is 308 g/mol. The summed E-state index contributed by atoms with van der Waals surface area (Å²) in [5.74, 6) is -0.0753. The molecule has 1 amide bonds. The molecule has 3 nitrogen and oxygen atoms in total. The van der Waals surface area contributed by atoms with E-state index in [2.05, 4.69) is 48.3 Å². The topological polar surface area (TPSA) is 32.3 Å². The number of rotatable bonds is 6. The molecular formula is C20H24N2O. The van der Waals surface area contributed by atoms with E-state index in [9.17, 15) is 4.79 Å². The molecular weight excluding hydrogens is 284 g/mol. The van der Waals surface area contributed by atoms with Crippen LogP contribution < -0.4 is 5.32 Å². The monoisotopic (exact) mass is 308 g/mol. The van der Waals surface area contributed by atoms with E-state index in [0.29, 0.717) is 6.54 Å². The predicted molar refractivity (Wildman–Crippen MR) is 94.5 cm³/mol. The van der Waals surface area contributed by atoms with Gasteiger partial charge in [-0.3, -0.25) is 4.79 Å². The summed E-state index contributed by atoms with van der Waals surface area (Å²) < 4.78 is 0. The highest BCUT2D eigenvalue weighted by Crippen LogP contribution is 2.44. The fourth-order valence-corrected chi connectivity index (χ4v) is 3.42. The second-order valence-electron chi connectivity index (χ2n) is 5.93. The Bertz CT molecular complexity index is 646.